The van der Waals surface area contributed by atoms with E-state index in [0.29, 0.717) is 0 Å². The third-order valence-corrected chi connectivity index (χ3v) is 4.47. The molecular formula is C15H26N2O. The minimum Gasteiger partial charge on any atom is -0.390 e. The lowest BCUT2D eigenvalue weighted by molar-refractivity contribution is -0.0176. The predicted octanol–water partition coefficient (Wildman–Crippen LogP) is 3.07. The summed E-state index contributed by atoms with van der Waals surface area (Å²) in [5, 5.41) is 10.6. The Kier molecular flexibility index (Phi) is 4.44. The Morgan fingerprint density at radius 1 is 1.44 bits per heavy atom. The van der Waals surface area contributed by atoms with Gasteiger partial charge in [0, 0.05) is 25.9 Å². The molecule has 1 saturated carbocycles. The van der Waals surface area contributed by atoms with Gasteiger partial charge in [-0.1, -0.05) is 19.8 Å². The van der Waals surface area contributed by atoms with E-state index in [2.05, 4.69) is 11.9 Å². The first-order valence-electron chi connectivity index (χ1n) is 7.31. The predicted molar refractivity (Wildman–Crippen MR) is 73.3 cm³/mol. The number of hydrogen-bond acceptors (Lipinski definition) is 2. The van der Waals surface area contributed by atoms with Crippen LogP contribution in [0.25, 0.3) is 0 Å². The molecule has 18 heavy (non-hydrogen) atoms. The van der Waals surface area contributed by atoms with E-state index in [0.717, 1.165) is 37.4 Å². The van der Waals surface area contributed by atoms with Crippen molar-refractivity contribution in [2.24, 2.45) is 13.0 Å². The lowest BCUT2D eigenvalue weighted by Gasteiger charge is -2.36. The number of aryl methyl sites for hydroxylation is 2. The van der Waals surface area contributed by atoms with Crippen molar-refractivity contribution in [2.75, 3.05) is 0 Å². The first kappa shape index (κ1) is 13.6. The zero-order valence-corrected chi connectivity index (χ0v) is 11.7. The van der Waals surface area contributed by atoms with Crippen molar-refractivity contribution in [3.8, 4) is 0 Å². The Bertz CT molecular complexity index is 364. The van der Waals surface area contributed by atoms with Crippen LogP contribution in [0.15, 0.2) is 12.4 Å². The highest BCUT2D eigenvalue weighted by Crippen LogP contribution is 2.36. The average Bonchev–Trinajstić information content (AvgIpc) is 2.76. The van der Waals surface area contributed by atoms with Crippen LogP contribution in [-0.4, -0.2) is 20.3 Å². The van der Waals surface area contributed by atoms with Gasteiger partial charge in [0.25, 0.3) is 0 Å². The highest BCUT2D eigenvalue weighted by atomic mass is 16.3. The smallest absolute Gasteiger partial charge is 0.108 e. The second-order valence-electron chi connectivity index (χ2n) is 5.91. The molecule has 102 valence electrons. The molecule has 1 aliphatic carbocycles. The number of nitrogens with zero attached hydrogens (tertiary/aromatic N) is 2. The summed E-state index contributed by atoms with van der Waals surface area (Å²) in [5.41, 5.74) is -0.434. The molecule has 2 rings (SSSR count). The lowest BCUT2D eigenvalue weighted by atomic mass is 9.75. The quantitative estimate of drug-likeness (QED) is 0.872. The van der Waals surface area contributed by atoms with Gasteiger partial charge in [0.2, 0.25) is 0 Å². The van der Waals surface area contributed by atoms with Crippen molar-refractivity contribution < 1.29 is 5.11 Å². The van der Waals surface area contributed by atoms with Gasteiger partial charge in [0.1, 0.15) is 5.82 Å². The Morgan fingerprint density at radius 3 is 2.72 bits per heavy atom. The molecule has 0 radical (unpaired) electrons. The molecule has 1 fully saturated rings. The van der Waals surface area contributed by atoms with Crippen molar-refractivity contribution in [1.29, 1.82) is 0 Å². The molecule has 1 N–H and O–H groups in total. The SMILES string of the molecule is CCCC1CCC(O)(CCc2nccn2C)CC1. The van der Waals surface area contributed by atoms with Crippen LogP contribution in [0.1, 0.15) is 57.7 Å². The molecule has 0 aromatic carbocycles. The lowest BCUT2D eigenvalue weighted by Crippen LogP contribution is -2.34. The van der Waals surface area contributed by atoms with Crippen LogP contribution in [0, 0.1) is 5.92 Å². The van der Waals surface area contributed by atoms with Gasteiger partial charge >= 0.3 is 0 Å². The van der Waals surface area contributed by atoms with E-state index < -0.39 is 5.60 Å². The zero-order chi connectivity index (χ0) is 13.0. The van der Waals surface area contributed by atoms with Crippen LogP contribution in [0.2, 0.25) is 0 Å². The van der Waals surface area contributed by atoms with E-state index in [9.17, 15) is 5.11 Å². The second-order valence-corrected chi connectivity index (χ2v) is 5.91. The fourth-order valence-electron chi connectivity index (χ4n) is 3.14. The summed E-state index contributed by atoms with van der Waals surface area (Å²) >= 11 is 0. The maximum absolute atomic E-state index is 10.6. The molecule has 0 aliphatic heterocycles. The molecular weight excluding hydrogens is 224 g/mol. The molecule has 1 aromatic heterocycles. The number of rotatable bonds is 5. The Hall–Kier alpha value is -0.830. The van der Waals surface area contributed by atoms with Gasteiger partial charge in [-0.15, -0.1) is 0 Å². The van der Waals surface area contributed by atoms with Gasteiger partial charge in [-0.05, 0) is 38.0 Å². The maximum atomic E-state index is 10.6. The van der Waals surface area contributed by atoms with E-state index in [4.69, 9.17) is 0 Å². The molecule has 0 unspecified atom stereocenters. The summed E-state index contributed by atoms with van der Waals surface area (Å²) in [6.45, 7) is 2.25. The van der Waals surface area contributed by atoms with Crippen molar-refractivity contribution in [2.45, 2.75) is 63.9 Å². The molecule has 0 saturated heterocycles. The summed E-state index contributed by atoms with van der Waals surface area (Å²) in [6.07, 6.45) is 12.5. The van der Waals surface area contributed by atoms with Crippen LogP contribution in [0.3, 0.4) is 0 Å². The molecule has 3 nitrogen and oxygen atoms in total. The van der Waals surface area contributed by atoms with Crippen LogP contribution < -0.4 is 0 Å². The highest BCUT2D eigenvalue weighted by molar-refractivity contribution is 4.95. The maximum Gasteiger partial charge on any atom is 0.108 e. The molecule has 1 aliphatic rings. The minimum absolute atomic E-state index is 0.434. The van der Waals surface area contributed by atoms with E-state index in [1.807, 2.05) is 24.0 Å². The molecule has 0 spiro atoms. The van der Waals surface area contributed by atoms with Gasteiger partial charge < -0.3 is 9.67 Å². The zero-order valence-electron chi connectivity index (χ0n) is 11.7. The standard InChI is InChI=1S/C15H26N2O/c1-3-4-13-5-8-15(18,9-6-13)10-7-14-16-11-12-17(14)2/h11-13,18H,3-10H2,1-2H3. The molecule has 0 amide bonds. The Morgan fingerprint density at radius 2 is 2.17 bits per heavy atom. The summed E-state index contributed by atoms with van der Waals surface area (Å²) in [6, 6.07) is 0. The monoisotopic (exact) mass is 250 g/mol. The fourth-order valence-corrected chi connectivity index (χ4v) is 3.14. The number of aromatic nitrogens is 2. The molecule has 0 bridgehead atoms. The van der Waals surface area contributed by atoms with Crippen molar-refractivity contribution in [3.63, 3.8) is 0 Å². The second kappa shape index (κ2) is 5.87. The highest BCUT2D eigenvalue weighted by Gasteiger charge is 2.32. The third kappa shape index (κ3) is 3.35. The third-order valence-electron chi connectivity index (χ3n) is 4.47. The topological polar surface area (TPSA) is 38.1 Å². The number of imidazole rings is 1. The summed E-state index contributed by atoms with van der Waals surface area (Å²) in [4.78, 5) is 4.33. The molecule has 3 heteroatoms. The van der Waals surface area contributed by atoms with Crippen molar-refractivity contribution in [1.82, 2.24) is 9.55 Å². The molecule has 1 heterocycles. The Labute approximate surface area is 110 Å². The largest absolute Gasteiger partial charge is 0.390 e. The van der Waals surface area contributed by atoms with E-state index in [1.54, 1.807) is 0 Å². The fraction of sp³-hybridized carbons (Fsp3) is 0.800. The minimum atomic E-state index is -0.434. The van der Waals surface area contributed by atoms with Crippen LogP contribution in [0.5, 0.6) is 0 Å². The summed E-state index contributed by atoms with van der Waals surface area (Å²) in [7, 11) is 2.02. The number of hydrogen-bond donors (Lipinski definition) is 1. The van der Waals surface area contributed by atoms with E-state index >= 15 is 0 Å². The van der Waals surface area contributed by atoms with Crippen molar-refractivity contribution in [3.05, 3.63) is 18.2 Å². The summed E-state index contributed by atoms with van der Waals surface area (Å²) < 4.78 is 2.05. The van der Waals surface area contributed by atoms with Gasteiger partial charge in [0.05, 0.1) is 5.60 Å². The van der Waals surface area contributed by atoms with Gasteiger partial charge in [-0.3, -0.25) is 0 Å². The van der Waals surface area contributed by atoms with Crippen LogP contribution in [-0.2, 0) is 13.5 Å². The van der Waals surface area contributed by atoms with E-state index in [1.165, 1.54) is 25.7 Å². The molecule has 1 aromatic rings. The van der Waals surface area contributed by atoms with Crippen LogP contribution in [0.4, 0.5) is 0 Å². The number of aliphatic hydroxyl groups is 1. The van der Waals surface area contributed by atoms with Crippen LogP contribution >= 0.6 is 0 Å². The average molecular weight is 250 g/mol. The van der Waals surface area contributed by atoms with Gasteiger partial charge in [-0.2, -0.15) is 0 Å². The normalized spacial score (nSPS) is 28.5. The van der Waals surface area contributed by atoms with Gasteiger partial charge in [-0.25, -0.2) is 4.98 Å². The first-order valence-corrected chi connectivity index (χ1v) is 7.31. The molecule has 0 atom stereocenters. The van der Waals surface area contributed by atoms with Crippen molar-refractivity contribution >= 4 is 0 Å². The first-order chi connectivity index (χ1) is 8.63. The van der Waals surface area contributed by atoms with E-state index in [-0.39, 0.29) is 0 Å². The summed E-state index contributed by atoms with van der Waals surface area (Å²) in [5.74, 6) is 1.93. The van der Waals surface area contributed by atoms with Gasteiger partial charge in [0.15, 0.2) is 0 Å². The Balaban J connectivity index is 1.81.